The Balaban J connectivity index is 1.15. The summed E-state index contributed by atoms with van der Waals surface area (Å²) in [5.41, 5.74) is 21.0. The molecule has 0 amide bonds. The molecule has 308 valence electrons. The summed E-state index contributed by atoms with van der Waals surface area (Å²) in [5.74, 6) is 0. The van der Waals surface area contributed by atoms with Crippen molar-refractivity contribution in [2.24, 2.45) is 0 Å². The minimum atomic E-state index is 0.0179. The lowest BCUT2D eigenvalue weighted by Gasteiger charge is -2.42. The molecular formula is C58H47BN4O. The third kappa shape index (κ3) is 5.14. The van der Waals surface area contributed by atoms with Crippen LogP contribution in [0.4, 0.5) is 51.2 Å². The normalized spacial score (nSPS) is 13.7. The first-order valence-electron chi connectivity index (χ1n) is 22.6. The second kappa shape index (κ2) is 13.1. The van der Waals surface area contributed by atoms with Crippen molar-refractivity contribution in [1.82, 2.24) is 4.57 Å². The van der Waals surface area contributed by atoms with E-state index in [4.69, 9.17) is 4.42 Å². The fraction of sp³-hybridized carbons (Fsp3) is 0.138. The Morgan fingerprint density at radius 3 is 1.69 bits per heavy atom. The molecule has 5 heterocycles. The van der Waals surface area contributed by atoms with Crippen molar-refractivity contribution < 1.29 is 4.42 Å². The lowest BCUT2D eigenvalue weighted by molar-refractivity contribution is 0.590. The maximum atomic E-state index is 6.90. The Morgan fingerprint density at radius 1 is 0.453 bits per heavy atom. The Hall–Kier alpha value is -7.44. The highest BCUT2D eigenvalue weighted by Gasteiger charge is 2.51. The Labute approximate surface area is 374 Å². The van der Waals surface area contributed by atoms with E-state index in [-0.39, 0.29) is 17.5 Å². The van der Waals surface area contributed by atoms with Crippen molar-refractivity contribution in [3.63, 3.8) is 0 Å². The number of anilines is 9. The highest BCUT2D eigenvalue weighted by atomic mass is 16.3. The second-order valence-corrected chi connectivity index (χ2v) is 19.8. The average molecular weight is 827 g/mol. The summed E-state index contributed by atoms with van der Waals surface area (Å²) in [6, 6.07) is 65.1. The van der Waals surface area contributed by atoms with Gasteiger partial charge in [0.1, 0.15) is 5.58 Å². The highest BCUT2D eigenvalue weighted by molar-refractivity contribution is 7.02. The third-order valence-electron chi connectivity index (χ3n) is 14.0. The summed E-state index contributed by atoms with van der Waals surface area (Å²) in [6.45, 7) is 13.7. The molecule has 0 spiro atoms. The van der Waals surface area contributed by atoms with Crippen molar-refractivity contribution in [3.8, 4) is 5.69 Å². The molecule has 13 rings (SSSR count). The topological polar surface area (TPSA) is 27.8 Å². The van der Waals surface area contributed by atoms with E-state index >= 15 is 0 Å². The summed E-state index contributed by atoms with van der Waals surface area (Å²) in [7, 11) is 0. The molecule has 0 N–H and O–H groups in total. The number of rotatable bonds is 5. The van der Waals surface area contributed by atoms with Gasteiger partial charge in [-0.2, -0.15) is 0 Å². The maximum absolute atomic E-state index is 6.90. The van der Waals surface area contributed by atoms with Crippen molar-refractivity contribution in [2.75, 3.05) is 14.7 Å². The zero-order valence-electron chi connectivity index (χ0n) is 37.0. The predicted octanol–water partition coefficient (Wildman–Crippen LogP) is 14.0. The highest BCUT2D eigenvalue weighted by Crippen LogP contribution is 2.52. The van der Waals surface area contributed by atoms with Gasteiger partial charge in [0.2, 0.25) is 0 Å². The van der Waals surface area contributed by atoms with Crippen molar-refractivity contribution in [1.29, 1.82) is 0 Å². The number of nitrogens with zero attached hydrogens (tertiary/aromatic N) is 4. The average Bonchev–Trinajstić information content (AvgIpc) is 3.97. The lowest BCUT2D eigenvalue weighted by atomic mass is 9.36. The molecule has 0 saturated heterocycles. The number of furan rings is 1. The summed E-state index contributed by atoms with van der Waals surface area (Å²) < 4.78 is 9.49. The van der Waals surface area contributed by atoms with E-state index in [2.05, 4.69) is 237 Å². The van der Waals surface area contributed by atoms with Gasteiger partial charge in [0.25, 0.3) is 6.71 Å². The number of aromatic nitrogens is 1. The van der Waals surface area contributed by atoms with E-state index in [1.807, 2.05) is 0 Å². The summed E-state index contributed by atoms with van der Waals surface area (Å²) in [6.07, 6.45) is 0. The molecular weight excluding hydrogens is 779 g/mol. The Bertz CT molecular complexity index is 3480. The Kier molecular flexibility index (Phi) is 7.58. The molecule has 0 unspecified atom stereocenters. The summed E-state index contributed by atoms with van der Waals surface area (Å²) in [4.78, 5) is 7.48. The molecule has 5 nitrogen and oxygen atoms in total. The van der Waals surface area contributed by atoms with E-state index in [0.29, 0.717) is 0 Å². The van der Waals surface area contributed by atoms with E-state index in [9.17, 15) is 0 Å². The van der Waals surface area contributed by atoms with Crippen LogP contribution in [0.25, 0.3) is 38.5 Å². The fourth-order valence-electron chi connectivity index (χ4n) is 11.0. The number of hydrogen-bond acceptors (Lipinski definition) is 4. The van der Waals surface area contributed by atoms with Crippen LogP contribution in [0.3, 0.4) is 0 Å². The van der Waals surface area contributed by atoms with Gasteiger partial charge in [-0.1, -0.05) is 139 Å². The SMILES string of the molecule is CC(C)(C)c1ccc(N(c2ccc(C(C)(C)C)cc2)c2cc3c4c(c2)-n2c5c(c6ccccc62)N(c2ccccc2)c2cccc(c2B45)N3c2cccc3c2oc2ccccc23)cc1. The monoisotopic (exact) mass is 826 g/mol. The molecule has 0 radical (unpaired) electrons. The van der Waals surface area contributed by atoms with Gasteiger partial charge in [-0.25, -0.2) is 0 Å². The van der Waals surface area contributed by atoms with Crippen molar-refractivity contribution in [3.05, 3.63) is 187 Å². The van der Waals surface area contributed by atoms with E-state index in [1.54, 1.807) is 0 Å². The van der Waals surface area contributed by atoms with Crippen LogP contribution in [0.15, 0.2) is 180 Å². The van der Waals surface area contributed by atoms with Gasteiger partial charge < -0.3 is 23.7 Å². The zero-order chi connectivity index (χ0) is 43.2. The number of fused-ring (bicyclic) bond motifs is 7. The van der Waals surface area contributed by atoms with Gasteiger partial charge in [0.15, 0.2) is 5.58 Å². The first-order valence-corrected chi connectivity index (χ1v) is 22.6. The quantitative estimate of drug-likeness (QED) is 0.162. The minimum Gasteiger partial charge on any atom is -0.454 e. The van der Waals surface area contributed by atoms with Crippen LogP contribution in [-0.4, -0.2) is 11.3 Å². The van der Waals surface area contributed by atoms with Crippen LogP contribution >= 0.6 is 0 Å². The molecule has 0 bridgehead atoms. The van der Waals surface area contributed by atoms with Crippen LogP contribution in [0.2, 0.25) is 0 Å². The number of para-hydroxylation sites is 4. The maximum Gasteiger partial charge on any atom is 0.275 e. The van der Waals surface area contributed by atoms with Gasteiger partial charge in [-0.3, -0.25) is 0 Å². The van der Waals surface area contributed by atoms with Crippen LogP contribution < -0.4 is 31.2 Å². The molecule has 0 atom stereocenters. The molecule has 0 saturated carbocycles. The molecule has 6 heteroatoms. The number of hydrogen-bond donors (Lipinski definition) is 0. The molecule has 0 aliphatic carbocycles. The van der Waals surface area contributed by atoms with Crippen LogP contribution in [0.5, 0.6) is 0 Å². The van der Waals surface area contributed by atoms with Crippen LogP contribution in [-0.2, 0) is 10.8 Å². The predicted molar refractivity (Wildman–Crippen MR) is 270 cm³/mol. The van der Waals surface area contributed by atoms with Gasteiger partial charge in [0, 0.05) is 61.6 Å². The first kappa shape index (κ1) is 37.1. The third-order valence-corrected chi connectivity index (χ3v) is 14.0. The minimum absolute atomic E-state index is 0.0179. The molecule has 3 aliphatic heterocycles. The van der Waals surface area contributed by atoms with Gasteiger partial charge >= 0.3 is 0 Å². The van der Waals surface area contributed by atoms with Crippen molar-refractivity contribution in [2.45, 2.75) is 52.4 Å². The molecule has 10 aromatic rings. The molecule has 8 aromatic carbocycles. The second-order valence-electron chi connectivity index (χ2n) is 19.8. The number of benzene rings is 8. The fourth-order valence-corrected chi connectivity index (χ4v) is 11.0. The first-order chi connectivity index (χ1) is 31.0. The lowest BCUT2D eigenvalue weighted by Crippen LogP contribution is -2.59. The smallest absolute Gasteiger partial charge is 0.275 e. The van der Waals surface area contributed by atoms with E-state index in [0.717, 1.165) is 61.8 Å². The van der Waals surface area contributed by atoms with Gasteiger partial charge in [-0.05, 0) is 112 Å². The summed E-state index contributed by atoms with van der Waals surface area (Å²) >= 11 is 0. The standard InChI is InChI=1S/C58H47BN4O/c1-57(2,3)36-26-30-39(31-27-36)60(40-32-28-37(29-33-40)58(4,5)6)41-34-49-53-50(35-41)63-45-21-12-10-19-44(45)54-56(63)59(53)52-46(61(54)38-16-8-7-9-17-38)22-15-23-47(52)62(49)48-24-14-20-43-42-18-11-13-25-51(42)64-55(43)48/h7-35H,1-6H3. The van der Waals surface area contributed by atoms with Crippen molar-refractivity contribution >= 4 is 107 Å². The molecule has 3 aliphatic rings. The summed E-state index contributed by atoms with van der Waals surface area (Å²) in [5, 5.41) is 3.48. The van der Waals surface area contributed by atoms with Crippen LogP contribution in [0, 0.1) is 0 Å². The van der Waals surface area contributed by atoms with Crippen LogP contribution in [0.1, 0.15) is 52.7 Å². The molecule has 64 heavy (non-hydrogen) atoms. The zero-order valence-corrected chi connectivity index (χ0v) is 37.0. The largest absolute Gasteiger partial charge is 0.454 e. The van der Waals surface area contributed by atoms with Gasteiger partial charge in [-0.15, -0.1) is 0 Å². The molecule has 0 fully saturated rings. The van der Waals surface area contributed by atoms with Gasteiger partial charge in [0.05, 0.1) is 22.6 Å². The van der Waals surface area contributed by atoms with E-state index in [1.165, 1.54) is 55.6 Å². The molecule has 2 aromatic heterocycles. The van der Waals surface area contributed by atoms with E-state index < -0.39 is 0 Å². The Morgan fingerprint density at radius 2 is 1.00 bits per heavy atom.